The molecular weight excluding hydrogens is 220 g/mol. The molecule has 0 fully saturated rings. The van der Waals surface area contributed by atoms with Crippen LogP contribution in [0.4, 0.5) is 0 Å². The van der Waals surface area contributed by atoms with Gasteiger partial charge in [-0.3, -0.25) is 0 Å². The predicted octanol–water partition coefficient (Wildman–Crippen LogP) is -0.0599. The summed E-state index contributed by atoms with van der Waals surface area (Å²) < 4.78 is 10.4. The van der Waals surface area contributed by atoms with E-state index in [1.165, 1.54) is 0 Å². The van der Waals surface area contributed by atoms with Gasteiger partial charge in [-0.15, -0.1) is 0 Å². The molecule has 0 amide bonds. The third-order valence-corrected chi connectivity index (χ3v) is 2.56. The molecule has 0 saturated heterocycles. The molecule has 17 heavy (non-hydrogen) atoms. The summed E-state index contributed by atoms with van der Waals surface area (Å²) in [5, 5.41) is 12.8. The van der Waals surface area contributed by atoms with Crippen LogP contribution < -0.4 is 5.32 Å². The van der Waals surface area contributed by atoms with Crippen molar-refractivity contribution in [2.45, 2.75) is 26.1 Å². The largest absolute Gasteiger partial charge is 0.389 e. The first kappa shape index (κ1) is 16.8. The van der Waals surface area contributed by atoms with Crippen molar-refractivity contribution in [3.05, 3.63) is 0 Å². The highest BCUT2D eigenvalue weighted by atomic mass is 16.5. The van der Waals surface area contributed by atoms with Crippen molar-refractivity contribution in [2.75, 3.05) is 53.6 Å². The van der Waals surface area contributed by atoms with E-state index in [4.69, 9.17) is 9.47 Å². The Morgan fingerprint density at radius 1 is 1.35 bits per heavy atom. The number of nitrogens with zero attached hydrogens (tertiary/aromatic N) is 1. The number of hydrogen-bond donors (Lipinski definition) is 2. The van der Waals surface area contributed by atoms with Gasteiger partial charge in [0.25, 0.3) is 0 Å². The van der Waals surface area contributed by atoms with Gasteiger partial charge in [-0.25, -0.2) is 0 Å². The summed E-state index contributed by atoms with van der Waals surface area (Å²) in [6, 6.07) is 0. The zero-order valence-electron chi connectivity index (χ0n) is 11.6. The molecule has 2 unspecified atom stereocenters. The van der Waals surface area contributed by atoms with Crippen LogP contribution in [0.2, 0.25) is 0 Å². The normalized spacial score (nSPS) is 15.2. The summed E-state index contributed by atoms with van der Waals surface area (Å²) in [5.41, 5.74) is 0. The fourth-order valence-corrected chi connectivity index (χ4v) is 1.31. The lowest BCUT2D eigenvalue weighted by molar-refractivity contribution is -0.0310. The van der Waals surface area contributed by atoms with Crippen molar-refractivity contribution in [3.8, 4) is 0 Å². The minimum absolute atomic E-state index is 0.0286. The molecule has 2 N–H and O–H groups in total. The summed E-state index contributed by atoms with van der Waals surface area (Å²) in [6.45, 7) is 8.45. The Morgan fingerprint density at radius 2 is 2.06 bits per heavy atom. The Kier molecular flexibility index (Phi) is 10.8. The number of ether oxygens (including phenoxy) is 2. The van der Waals surface area contributed by atoms with Gasteiger partial charge in [-0.2, -0.15) is 0 Å². The second-order valence-electron chi connectivity index (χ2n) is 4.35. The second kappa shape index (κ2) is 10.9. The van der Waals surface area contributed by atoms with Crippen LogP contribution in [0.25, 0.3) is 0 Å². The van der Waals surface area contributed by atoms with Crippen LogP contribution in [-0.4, -0.2) is 75.8 Å². The molecule has 0 aliphatic heterocycles. The maximum absolute atomic E-state index is 9.65. The summed E-state index contributed by atoms with van der Waals surface area (Å²) >= 11 is 0. The van der Waals surface area contributed by atoms with Crippen LogP contribution in [0.1, 0.15) is 13.8 Å². The van der Waals surface area contributed by atoms with E-state index >= 15 is 0 Å². The molecule has 0 bridgehead atoms. The monoisotopic (exact) mass is 248 g/mol. The number of hydrogen-bond acceptors (Lipinski definition) is 5. The van der Waals surface area contributed by atoms with Gasteiger partial charge in [0.2, 0.25) is 0 Å². The number of nitrogens with one attached hydrogen (secondary N) is 1. The Hall–Kier alpha value is -0.200. The summed E-state index contributed by atoms with van der Waals surface area (Å²) in [7, 11) is 3.72. The van der Waals surface area contributed by atoms with Crippen molar-refractivity contribution in [1.82, 2.24) is 10.2 Å². The van der Waals surface area contributed by atoms with Gasteiger partial charge in [-0.05, 0) is 20.5 Å². The van der Waals surface area contributed by atoms with Crippen molar-refractivity contribution < 1.29 is 14.6 Å². The maximum atomic E-state index is 9.65. The lowest BCUT2D eigenvalue weighted by Crippen LogP contribution is -2.36. The Bertz CT molecular complexity index is 170. The molecule has 0 aromatic heterocycles. The van der Waals surface area contributed by atoms with Crippen molar-refractivity contribution in [2.24, 2.45) is 0 Å². The topological polar surface area (TPSA) is 54.0 Å². The van der Waals surface area contributed by atoms with Crippen molar-refractivity contribution >= 4 is 0 Å². The van der Waals surface area contributed by atoms with Crippen molar-refractivity contribution in [3.63, 3.8) is 0 Å². The number of aliphatic hydroxyl groups excluding tert-OH is 1. The third kappa shape index (κ3) is 10.7. The lowest BCUT2D eigenvalue weighted by Gasteiger charge is -2.17. The average molecular weight is 248 g/mol. The van der Waals surface area contributed by atoms with E-state index < -0.39 is 6.10 Å². The molecule has 104 valence electrons. The fourth-order valence-electron chi connectivity index (χ4n) is 1.31. The molecular formula is C12H28N2O3. The van der Waals surface area contributed by atoms with Crippen LogP contribution in [0.3, 0.4) is 0 Å². The Balaban J connectivity index is 3.37. The molecule has 5 nitrogen and oxygen atoms in total. The molecule has 0 aliphatic carbocycles. The van der Waals surface area contributed by atoms with Crippen LogP contribution in [0.5, 0.6) is 0 Å². The fraction of sp³-hybridized carbons (Fsp3) is 1.00. The molecule has 0 aromatic rings. The molecule has 0 rings (SSSR count). The van der Waals surface area contributed by atoms with E-state index in [-0.39, 0.29) is 6.10 Å². The highest BCUT2D eigenvalue weighted by Gasteiger charge is 2.07. The number of rotatable bonds is 11. The SMILES string of the molecule is CCN(C)CCNCC(O)COC(C)COC. The molecule has 2 atom stereocenters. The van der Waals surface area contributed by atoms with Gasteiger partial charge in [-0.1, -0.05) is 6.92 Å². The van der Waals surface area contributed by atoms with Crippen LogP contribution in [0.15, 0.2) is 0 Å². The first-order valence-electron chi connectivity index (χ1n) is 6.28. The molecule has 5 heteroatoms. The number of aliphatic hydroxyl groups is 1. The quantitative estimate of drug-likeness (QED) is 0.502. The zero-order chi connectivity index (χ0) is 13.1. The Morgan fingerprint density at radius 3 is 2.65 bits per heavy atom. The number of likely N-dealkylation sites (N-methyl/N-ethyl adjacent to an activating group) is 1. The highest BCUT2D eigenvalue weighted by Crippen LogP contribution is 1.93. The maximum Gasteiger partial charge on any atom is 0.0897 e. The van der Waals surface area contributed by atoms with E-state index in [0.717, 1.165) is 19.6 Å². The second-order valence-corrected chi connectivity index (χ2v) is 4.35. The summed E-state index contributed by atoms with van der Waals surface area (Å²) in [5.74, 6) is 0. The standard InChI is InChI=1S/C12H28N2O3/c1-5-14(3)7-6-13-8-12(15)10-17-11(2)9-16-4/h11-13,15H,5-10H2,1-4H3. The molecule has 0 radical (unpaired) electrons. The molecule has 0 saturated carbocycles. The van der Waals surface area contributed by atoms with Gasteiger partial charge >= 0.3 is 0 Å². The number of methoxy groups -OCH3 is 1. The smallest absolute Gasteiger partial charge is 0.0897 e. The molecule has 0 heterocycles. The minimum Gasteiger partial charge on any atom is -0.389 e. The highest BCUT2D eigenvalue weighted by molar-refractivity contribution is 4.61. The van der Waals surface area contributed by atoms with Gasteiger partial charge in [0.1, 0.15) is 0 Å². The van der Waals surface area contributed by atoms with Crippen LogP contribution >= 0.6 is 0 Å². The van der Waals surface area contributed by atoms with Gasteiger partial charge < -0.3 is 24.8 Å². The molecule has 0 aromatic carbocycles. The van der Waals surface area contributed by atoms with Gasteiger partial charge in [0, 0.05) is 26.7 Å². The molecule has 0 aliphatic rings. The minimum atomic E-state index is -0.457. The van der Waals surface area contributed by atoms with Crippen LogP contribution in [0, 0.1) is 0 Å². The predicted molar refractivity (Wildman–Crippen MR) is 69.3 cm³/mol. The van der Waals surface area contributed by atoms with Gasteiger partial charge in [0.05, 0.1) is 25.4 Å². The van der Waals surface area contributed by atoms with E-state index in [9.17, 15) is 5.11 Å². The Labute approximate surface area is 105 Å². The lowest BCUT2D eigenvalue weighted by atomic mass is 10.3. The van der Waals surface area contributed by atoms with Crippen LogP contribution in [-0.2, 0) is 9.47 Å². The van der Waals surface area contributed by atoms with Gasteiger partial charge in [0.15, 0.2) is 0 Å². The van der Waals surface area contributed by atoms with E-state index in [1.54, 1.807) is 7.11 Å². The first-order valence-corrected chi connectivity index (χ1v) is 6.28. The molecule has 0 spiro atoms. The van der Waals surface area contributed by atoms with E-state index in [0.29, 0.717) is 19.8 Å². The zero-order valence-corrected chi connectivity index (χ0v) is 11.6. The van der Waals surface area contributed by atoms with E-state index in [1.807, 2.05) is 6.92 Å². The third-order valence-electron chi connectivity index (χ3n) is 2.56. The summed E-state index contributed by atoms with van der Waals surface area (Å²) in [6.07, 6.45) is -0.429. The van der Waals surface area contributed by atoms with Crippen molar-refractivity contribution in [1.29, 1.82) is 0 Å². The first-order chi connectivity index (χ1) is 8.10. The van der Waals surface area contributed by atoms with E-state index in [2.05, 4.69) is 24.2 Å². The average Bonchev–Trinajstić information content (AvgIpc) is 2.32. The summed E-state index contributed by atoms with van der Waals surface area (Å²) in [4.78, 5) is 2.22.